The largest absolute Gasteiger partial charge is 0.478 e. The first-order chi connectivity index (χ1) is 13.4. The van der Waals surface area contributed by atoms with Crippen LogP contribution in [-0.2, 0) is 10.9 Å². The second-order valence-electron chi connectivity index (χ2n) is 5.54. The fraction of sp³-hybridized carbons (Fsp3) is 0. The Morgan fingerprint density at radius 1 is 1.11 bits per heavy atom. The third-order valence-electron chi connectivity index (χ3n) is 3.76. The van der Waals surface area contributed by atoms with Crippen LogP contribution in [-0.4, -0.2) is 29.5 Å². The summed E-state index contributed by atoms with van der Waals surface area (Å²) in [5.41, 5.74) is 1.12. The molecule has 2 heterocycles. The lowest BCUT2D eigenvalue weighted by atomic mass is 10.2. The summed E-state index contributed by atoms with van der Waals surface area (Å²) >= 11 is 2.25. The molecule has 7 nitrogen and oxygen atoms in total. The van der Waals surface area contributed by atoms with E-state index in [1.807, 2.05) is 0 Å². The zero-order chi connectivity index (χ0) is 19.8. The highest BCUT2D eigenvalue weighted by molar-refractivity contribution is 7.75. The van der Waals surface area contributed by atoms with Gasteiger partial charge < -0.3 is 5.11 Å². The maximum atomic E-state index is 13.1. The van der Waals surface area contributed by atoms with Gasteiger partial charge in [0.05, 0.1) is 22.0 Å². The number of halogens is 1. The number of aromatic nitrogens is 2. The van der Waals surface area contributed by atoms with Crippen molar-refractivity contribution < 1.29 is 22.7 Å². The van der Waals surface area contributed by atoms with Gasteiger partial charge in [-0.05, 0) is 42.5 Å². The van der Waals surface area contributed by atoms with Gasteiger partial charge in [0.15, 0.2) is 0 Å². The van der Waals surface area contributed by atoms with Crippen LogP contribution in [0, 0.1) is 5.82 Å². The smallest absolute Gasteiger partial charge is 0.335 e. The number of benzene rings is 2. The van der Waals surface area contributed by atoms with E-state index >= 15 is 0 Å². The minimum atomic E-state index is -3.06. The van der Waals surface area contributed by atoms with Crippen LogP contribution in [0.15, 0.2) is 48.7 Å². The Bertz CT molecular complexity index is 1260. The van der Waals surface area contributed by atoms with Crippen molar-refractivity contribution in [3.8, 4) is 10.6 Å². The molecular formula is C17H10FN3O4S3. The van der Waals surface area contributed by atoms with Gasteiger partial charge in [0.25, 0.3) is 0 Å². The van der Waals surface area contributed by atoms with Crippen molar-refractivity contribution in [2.75, 3.05) is 4.31 Å². The minimum absolute atomic E-state index is 0.0683. The minimum Gasteiger partial charge on any atom is -0.478 e. The van der Waals surface area contributed by atoms with Crippen molar-refractivity contribution in [1.29, 1.82) is 0 Å². The molecule has 2 aromatic heterocycles. The van der Waals surface area contributed by atoms with Crippen molar-refractivity contribution in [2.45, 2.75) is 0 Å². The number of hydrogen-bond donors (Lipinski definition) is 2. The zero-order valence-electron chi connectivity index (χ0n) is 13.8. The number of rotatable bonds is 5. The van der Waals surface area contributed by atoms with Crippen LogP contribution < -0.4 is 4.31 Å². The maximum absolute atomic E-state index is 13.1. The van der Waals surface area contributed by atoms with E-state index in [4.69, 9.17) is 5.11 Å². The molecule has 142 valence electrons. The summed E-state index contributed by atoms with van der Waals surface area (Å²) in [5, 5.41) is 10.1. The third kappa shape index (κ3) is 3.46. The number of hydrogen-bond acceptors (Lipinski definition) is 7. The summed E-state index contributed by atoms with van der Waals surface area (Å²) in [5.74, 6) is -1.46. The molecule has 0 atom stereocenters. The van der Waals surface area contributed by atoms with Crippen LogP contribution in [0.2, 0.25) is 0 Å². The molecule has 0 amide bonds. The lowest BCUT2D eigenvalue weighted by Gasteiger charge is -2.10. The maximum Gasteiger partial charge on any atom is 0.335 e. The predicted octanol–water partition coefficient (Wildman–Crippen LogP) is 3.92. The average Bonchev–Trinajstić information content (AvgIpc) is 3.28. The van der Waals surface area contributed by atoms with Gasteiger partial charge in [0, 0.05) is 5.56 Å². The first-order valence-corrected chi connectivity index (χ1v) is 10.5. The van der Waals surface area contributed by atoms with Crippen molar-refractivity contribution in [3.05, 3.63) is 60.0 Å². The molecule has 0 bridgehead atoms. The molecule has 0 unspecified atom stereocenters. The van der Waals surface area contributed by atoms with Crippen LogP contribution >= 0.6 is 22.7 Å². The normalized spacial score (nSPS) is 11.2. The van der Waals surface area contributed by atoms with Gasteiger partial charge in [0.1, 0.15) is 15.8 Å². The first kappa shape index (κ1) is 18.5. The Hall–Kier alpha value is -2.89. The first-order valence-electron chi connectivity index (χ1n) is 7.72. The van der Waals surface area contributed by atoms with Crippen LogP contribution in [0.4, 0.5) is 14.5 Å². The second-order valence-corrected chi connectivity index (χ2v) is 8.44. The van der Waals surface area contributed by atoms with Gasteiger partial charge in [-0.1, -0.05) is 22.7 Å². The van der Waals surface area contributed by atoms with E-state index in [0.29, 0.717) is 25.8 Å². The Kier molecular flexibility index (Phi) is 4.79. The van der Waals surface area contributed by atoms with Crippen LogP contribution in [0.5, 0.6) is 0 Å². The molecule has 2 aromatic carbocycles. The molecule has 0 spiro atoms. The molecular weight excluding hydrogens is 425 g/mol. The number of anilines is 2. The Balaban J connectivity index is 1.75. The van der Waals surface area contributed by atoms with Gasteiger partial charge in [-0.25, -0.2) is 31.9 Å². The molecule has 0 saturated heterocycles. The van der Waals surface area contributed by atoms with Crippen molar-refractivity contribution in [1.82, 2.24) is 9.97 Å². The number of thiazole rings is 2. The fourth-order valence-corrected chi connectivity index (χ4v) is 5.28. The van der Waals surface area contributed by atoms with E-state index in [2.05, 4.69) is 9.97 Å². The standard InChI is InChI=1S/C17H10FN3O4S3/c18-11-4-1-9(2-5-11)15-19-8-14(27-15)21(28(24)25)17-20-12-7-10(16(22)23)3-6-13(12)26-17/h1-8,28H,(H,22,23). The molecule has 0 aliphatic carbocycles. The van der Waals surface area contributed by atoms with E-state index in [9.17, 15) is 17.6 Å². The van der Waals surface area contributed by atoms with Crippen LogP contribution in [0.25, 0.3) is 20.8 Å². The number of carbonyl (C=O) groups is 1. The SMILES string of the molecule is O=C(O)c1ccc2sc(N(c3cnc(-c4ccc(F)cc4)s3)[SH](=O)=O)nc2c1. The number of carboxylic acid groups (broad SMARTS) is 1. The molecule has 0 aliphatic rings. The number of thiol groups is 1. The molecule has 11 heteroatoms. The predicted molar refractivity (Wildman–Crippen MR) is 107 cm³/mol. The lowest BCUT2D eigenvalue weighted by Crippen LogP contribution is -2.12. The van der Waals surface area contributed by atoms with Crippen LogP contribution in [0.3, 0.4) is 0 Å². The molecule has 0 radical (unpaired) electrons. The molecule has 4 aromatic rings. The average molecular weight is 435 g/mol. The fourth-order valence-electron chi connectivity index (χ4n) is 2.47. The van der Waals surface area contributed by atoms with Gasteiger partial charge in [-0.15, -0.1) is 0 Å². The zero-order valence-corrected chi connectivity index (χ0v) is 16.3. The van der Waals surface area contributed by atoms with Crippen molar-refractivity contribution in [2.24, 2.45) is 0 Å². The highest BCUT2D eigenvalue weighted by atomic mass is 32.2. The summed E-state index contributed by atoms with van der Waals surface area (Å²) in [4.78, 5) is 19.6. The highest BCUT2D eigenvalue weighted by Gasteiger charge is 2.20. The van der Waals surface area contributed by atoms with Gasteiger partial charge in [-0.3, -0.25) is 0 Å². The molecule has 0 fully saturated rings. The van der Waals surface area contributed by atoms with Crippen molar-refractivity contribution in [3.63, 3.8) is 0 Å². The third-order valence-corrected chi connectivity index (χ3v) is 6.82. The quantitative estimate of drug-likeness (QED) is 0.461. The Morgan fingerprint density at radius 2 is 1.86 bits per heavy atom. The number of fused-ring (bicyclic) bond motifs is 1. The van der Waals surface area contributed by atoms with Gasteiger partial charge >= 0.3 is 5.97 Å². The molecule has 4 rings (SSSR count). The van der Waals surface area contributed by atoms with E-state index in [1.54, 1.807) is 18.2 Å². The van der Waals surface area contributed by atoms with Crippen molar-refractivity contribution >= 4 is 59.9 Å². The number of carboxylic acids is 1. The summed E-state index contributed by atoms with van der Waals surface area (Å²) < 4.78 is 38.6. The lowest BCUT2D eigenvalue weighted by molar-refractivity contribution is 0.0697. The number of aromatic carboxylic acids is 1. The molecule has 1 N–H and O–H groups in total. The summed E-state index contributed by atoms with van der Waals surface area (Å²) in [6.07, 6.45) is 1.41. The molecule has 28 heavy (non-hydrogen) atoms. The second kappa shape index (κ2) is 7.26. The molecule has 0 saturated carbocycles. The van der Waals surface area contributed by atoms with E-state index < -0.39 is 16.9 Å². The van der Waals surface area contributed by atoms with Crippen LogP contribution in [0.1, 0.15) is 10.4 Å². The van der Waals surface area contributed by atoms with E-state index in [-0.39, 0.29) is 16.5 Å². The van der Waals surface area contributed by atoms with Gasteiger partial charge in [-0.2, -0.15) is 0 Å². The molecule has 0 aliphatic heterocycles. The monoisotopic (exact) mass is 435 g/mol. The highest BCUT2D eigenvalue weighted by Crippen LogP contribution is 2.38. The van der Waals surface area contributed by atoms with Gasteiger partial charge in [0.2, 0.25) is 16.0 Å². The van der Waals surface area contributed by atoms with E-state index in [1.165, 1.54) is 30.5 Å². The summed E-state index contributed by atoms with van der Waals surface area (Å²) in [6.45, 7) is 0. The number of nitrogens with zero attached hydrogens (tertiary/aromatic N) is 3. The Labute approximate surface area is 167 Å². The Morgan fingerprint density at radius 3 is 2.54 bits per heavy atom. The van der Waals surface area contributed by atoms with E-state index in [0.717, 1.165) is 27.0 Å². The summed E-state index contributed by atoms with van der Waals surface area (Å²) in [6, 6.07) is 10.1. The topological polar surface area (TPSA) is 100 Å². The summed E-state index contributed by atoms with van der Waals surface area (Å²) in [7, 11) is -3.06.